The predicted molar refractivity (Wildman–Crippen MR) is 84.7 cm³/mol. The van der Waals surface area contributed by atoms with E-state index in [2.05, 4.69) is 0 Å². The lowest BCUT2D eigenvalue weighted by molar-refractivity contribution is 0.112. The first-order valence-corrected chi connectivity index (χ1v) is 6.69. The standard InChI is InChI=1S/C19H13FO/c20-19-8-4-2-6-15(19)11-12-18-16(13-21)10-9-14-5-1-3-7-17(14)18/h1-13H. The van der Waals surface area contributed by atoms with Crippen LogP contribution in [0.2, 0.25) is 0 Å². The van der Waals surface area contributed by atoms with E-state index in [9.17, 15) is 9.18 Å². The van der Waals surface area contributed by atoms with Gasteiger partial charge in [-0.2, -0.15) is 0 Å². The monoisotopic (exact) mass is 276 g/mol. The molecule has 0 amide bonds. The van der Waals surface area contributed by atoms with Crippen LogP contribution in [0.15, 0.2) is 60.7 Å². The van der Waals surface area contributed by atoms with Crippen LogP contribution in [0, 0.1) is 5.82 Å². The third-order valence-corrected chi connectivity index (χ3v) is 3.47. The fraction of sp³-hybridized carbons (Fsp3) is 0. The van der Waals surface area contributed by atoms with E-state index in [0.29, 0.717) is 11.1 Å². The van der Waals surface area contributed by atoms with Gasteiger partial charge in [0.25, 0.3) is 0 Å². The summed E-state index contributed by atoms with van der Waals surface area (Å²) in [5.41, 5.74) is 1.91. The molecule has 0 saturated carbocycles. The van der Waals surface area contributed by atoms with E-state index in [1.807, 2.05) is 30.3 Å². The number of aldehydes is 1. The average molecular weight is 276 g/mol. The number of benzene rings is 3. The summed E-state index contributed by atoms with van der Waals surface area (Å²) in [5, 5.41) is 2.03. The Bertz CT molecular complexity index is 834. The highest BCUT2D eigenvalue weighted by Crippen LogP contribution is 2.24. The second-order valence-corrected chi connectivity index (χ2v) is 4.76. The van der Waals surface area contributed by atoms with Crippen molar-refractivity contribution in [1.29, 1.82) is 0 Å². The van der Waals surface area contributed by atoms with Crippen LogP contribution in [0.5, 0.6) is 0 Å². The summed E-state index contributed by atoms with van der Waals surface area (Å²) in [7, 11) is 0. The minimum atomic E-state index is -0.276. The molecule has 0 heterocycles. The summed E-state index contributed by atoms with van der Waals surface area (Å²) in [6, 6.07) is 18.1. The molecule has 0 unspecified atom stereocenters. The van der Waals surface area contributed by atoms with Crippen molar-refractivity contribution in [2.75, 3.05) is 0 Å². The zero-order valence-corrected chi connectivity index (χ0v) is 11.3. The van der Waals surface area contributed by atoms with Gasteiger partial charge in [0, 0.05) is 11.1 Å². The fourth-order valence-corrected chi connectivity index (χ4v) is 2.38. The Kier molecular flexibility index (Phi) is 3.61. The maximum absolute atomic E-state index is 13.7. The fourth-order valence-electron chi connectivity index (χ4n) is 2.38. The molecule has 0 N–H and O–H groups in total. The molecule has 0 fully saturated rings. The van der Waals surface area contributed by atoms with Crippen molar-refractivity contribution in [3.8, 4) is 0 Å². The normalized spacial score (nSPS) is 11.1. The van der Waals surface area contributed by atoms with Crippen LogP contribution < -0.4 is 0 Å². The van der Waals surface area contributed by atoms with Crippen molar-refractivity contribution in [3.05, 3.63) is 83.2 Å². The molecule has 0 aromatic heterocycles. The maximum Gasteiger partial charge on any atom is 0.150 e. The highest BCUT2D eigenvalue weighted by atomic mass is 19.1. The van der Waals surface area contributed by atoms with Crippen LogP contribution in [0.3, 0.4) is 0 Å². The van der Waals surface area contributed by atoms with Crippen molar-refractivity contribution in [2.24, 2.45) is 0 Å². The molecular formula is C19H13FO. The average Bonchev–Trinajstić information content (AvgIpc) is 2.53. The van der Waals surface area contributed by atoms with Crippen molar-refractivity contribution in [2.45, 2.75) is 0 Å². The Hall–Kier alpha value is -2.74. The van der Waals surface area contributed by atoms with Crippen molar-refractivity contribution >= 4 is 29.2 Å². The number of hydrogen-bond donors (Lipinski definition) is 0. The smallest absolute Gasteiger partial charge is 0.150 e. The first-order chi connectivity index (χ1) is 10.3. The van der Waals surface area contributed by atoms with Gasteiger partial charge in [-0.05, 0) is 22.4 Å². The molecule has 1 nitrogen and oxygen atoms in total. The molecule has 0 saturated heterocycles. The predicted octanol–water partition coefficient (Wildman–Crippen LogP) is 4.96. The summed E-state index contributed by atoms with van der Waals surface area (Å²) in [6.07, 6.45) is 4.32. The third kappa shape index (κ3) is 2.61. The van der Waals surface area contributed by atoms with Gasteiger partial charge in [-0.15, -0.1) is 0 Å². The molecule has 3 aromatic rings. The number of carbonyl (C=O) groups excluding carboxylic acids is 1. The lowest BCUT2D eigenvalue weighted by Gasteiger charge is -2.05. The lowest BCUT2D eigenvalue weighted by Crippen LogP contribution is -1.88. The van der Waals surface area contributed by atoms with Gasteiger partial charge in [0.2, 0.25) is 0 Å². The SMILES string of the molecule is O=Cc1ccc2ccccc2c1C=Cc1ccccc1F. The van der Waals surface area contributed by atoms with Gasteiger partial charge in [0.15, 0.2) is 6.29 Å². The van der Waals surface area contributed by atoms with Crippen LogP contribution in [0.25, 0.3) is 22.9 Å². The second-order valence-electron chi connectivity index (χ2n) is 4.76. The highest BCUT2D eigenvalue weighted by Gasteiger charge is 2.04. The van der Waals surface area contributed by atoms with E-state index in [4.69, 9.17) is 0 Å². The Labute approximate surface area is 122 Å². The maximum atomic E-state index is 13.7. The molecule has 0 aliphatic rings. The first kappa shape index (κ1) is 13.3. The molecule has 0 aliphatic heterocycles. The van der Waals surface area contributed by atoms with Crippen molar-refractivity contribution in [1.82, 2.24) is 0 Å². The molecule has 0 spiro atoms. The molecule has 3 aromatic carbocycles. The van der Waals surface area contributed by atoms with E-state index < -0.39 is 0 Å². The molecule has 2 heteroatoms. The van der Waals surface area contributed by atoms with E-state index in [1.165, 1.54) is 6.07 Å². The van der Waals surface area contributed by atoms with E-state index in [1.54, 1.807) is 36.4 Å². The van der Waals surface area contributed by atoms with Gasteiger partial charge in [0.1, 0.15) is 5.82 Å². The second kappa shape index (κ2) is 5.71. The van der Waals surface area contributed by atoms with Crippen LogP contribution in [-0.4, -0.2) is 6.29 Å². The van der Waals surface area contributed by atoms with Crippen molar-refractivity contribution < 1.29 is 9.18 Å². The Morgan fingerprint density at radius 3 is 2.33 bits per heavy atom. The number of fused-ring (bicyclic) bond motifs is 1. The molecular weight excluding hydrogens is 263 g/mol. The van der Waals surface area contributed by atoms with Crippen LogP contribution in [-0.2, 0) is 0 Å². The summed E-state index contributed by atoms with van der Waals surface area (Å²) in [6.45, 7) is 0. The Morgan fingerprint density at radius 1 is 0.762 bits per heavy atom. The minimum Gasteiger partial charge on any atom is -0.298 e. The lowest BCUT2D eigenvalue weighted by atomic mass is 9.98. The van der Waals surface area contributed by atoms with E-state index in [0.717, 1.165) is 22.6 Å². The number of rotatable bonds is 3. The molecule has 21 heavy (non-hydrogen) atoms. The Balaban J connectivity index is 2.15. The number of hydrogen-bond acceptors (Lipinski definition) is 1. The largest absolute Gasteiger partial charge is 0.298 e. The number of carbonyl (C=O) groups is 1. The van der Waals surface area contributed by atoms with Gasteiger partial charge in [-0.3, -0.25) is 4.79 Å². The van der Waals surface area contributed by atoms with Gasteiger partial charge in [-0.1, -0.05) is 66.7 Å². The van der Waals surface area contributed by atoms with Gasteiger partial charge >= 0.3 is 0 Å². The summed E-state index contributed by atoms with van der Waals surface area (Å²) >= 11 is 0. The van der Waals surface area contributed by atoms with Gasteiger partial charge in [-0.25, -0.2) is 4.39 Å². The summed E-state index contributed by atoms with van der Waals surface area (Å²) in [5.74, 6) is -0.276. The van der Waals surface area contributed by atoms with Crippen LogP contribution >= 0.6 is 0 Å². The molecule has 102 valence electrons. The zero-order valence-electron chi connectivity index (χ0n) is 11.3. The molecule has 0 aliphatic carbocycles. The summed E-state index contributed by atoms with van der Waals surface area (Å²) in [4.78, 5) is 11.2. The quantitative estimate of drug-likeness (QED) is 0.488. The molecule has 3 rings (SSSR count). The third-order valence-electron chi connectivity index (χ3n) is 3.47. The molecule has 0 atom stereocenters. The van der Waals surface area contributed by atoms with Crippen LogP contribution in [0.1, 0.15) is 21.5 Å². The molecule has 0 bridgehead atoms. The van der Waals surface area contributed by atoms with Gasteiger partial charge < -0.3 is 0 Å². The Morgan fingerprint density at radius 2 is 1.52 bits per heavy atom. The zero-order chi connectivity index (χ0) is 14.7. The number of halogens is 1. The van der Waals surface area contributed by atoms with Crippen molar-refractivity contribution in [3.63, 3.8) is 0 Å². The summed E-state index contributed by atoms with van der Waals surface area (Å²) < 4.78 is 13.7. The van der Waals surface area contributed by atoms with E-state index >= 15 is 0 Å². The molecule has 0 radical (unpaired) electrons. The topological polar surface area (TPSA) is 17.1 Å². The highest BCUT2D eigenvalue weighted by molar-refractivity contribution is 5.99. The minimum absolute atomic E-state index is 0.276. The van der Waals surface area contributed by atoms with E-state index in [-0.39, 0.29) is 5.82 Å². The van der Waals surface area contributed by atoms with Gasteiger partial charge in [0.05, 0.1) is 0 Å². The van der Waals surface area contributed by atoms with Crippen LogP contribution in [0.4, 0.5) is 4.39 Å². The first-order valence-electron chi connectivity index (χ1n) is 6.69.